The van der Waals surface area contributed by atoms with Crippen LogP contribution in [0.2, 0.25) is 5.02 Å². The van der Waals surface area contributed by atoms with Crippen LogP contribution < -0.4 is 9.47 Å². The molecule has 0 bridgehead atoms. The predicted octanol–water partition coefficient (Wildman–Crippen LogP) is 9.80. The average Bonchev–Trinajstić information content (AvgIpc) is 4.25. The summed E-state index contributed by atoms with van der Waals surface area (Å²) in [5, 5.41) is 52.2. The SMILES string of the molecule is CCc1cc(CCC2(C3CCCC3)CC(O)=C(Cc3nc4nc(C)cc(C)n4n3)C(=O)O2)c(OC)cc1O.CCc1cc(CCC2(C3CCCC3)CC(O)=C(Cc3nc4ncc(Cl)cn4n3)C(=O)O2)c(OC)cc1O. The average molecular weight is 1050 g/mol. The van der Waals surface area contributed by atoms with Crippen molar-refractivity contribution >= 4 is 35.1 Å². The number of halogens is 1. The number of cyclic esters (lactones) is 2. The molecule has 6 heterocycles. The van der Waals surface area contributed by atoms with Gasteiger partial charge in [0.15, 0.2) is 11.6 Å². The lowest BCUT2D eigenvalue weighted by atomic mass is 9.76. The highest BCUT2D eigenvalue weighted by atomic mass is 35.5. The zero-order chi connectivity index (χ0) is 53.2. The summed E-state index contributed by atoms with van der Waals surface area (Å²) in [5.41, 5.74) is 4.10. The molecule has 4 N–H and O–H groups in total. The number of carbonyl (C=O) groups excluding carboxylic acids is 2. The molecule has 0 spiro atoms. The number of hydrogen-bond donors (Lipinski definition) is 4. The largest absolute Gasteiger partial charge is 0.512 e. The second-order valence-electron chi connectivity index (χ2n) is 20.5. The Morgan fingerprint density at radius 3 is 1.61 bits per heavy atom. The van der Waals surface area contributed by atoms with Crippen molar-refractivity contribution in [2.45, 2.75) is 154 Å². The fraction of sp³-hybridized carbons (Fsp3) is 0.500. The van der Waals surface area contributed by atoms with E-state index in [1.807, 2.05) is 45.9 Å². The minimum Gasteiger partial charge on any atom is -0.512 e. The van der Waals surface area contributed by atoms with Crippen LogP contribution in [-0.2, 0) is 57.6 Å². The molecular weight excluding hydrogens is 980 g/mol. The van der Waals surface area contributed by atoms with Crippen molar-refractivity contribution in [2.75, 3.05) is 14.2 Å². The van der Waals surface area contributed by atoms with Gasteiger partial charge in [-0.15, -0.1) is 10.2 Å². The van der Waals surface area contributed by atoms with Gasteiger partial charge in [-0.2, -0.15) is 9.97 Å². The highest BCUT2D eigenvalue weighted by Crippen LogP contribution is 2.48. The summed E-state index contributed by atoms with van der Waals surface area (Å²) in [4.78, 5) is 44.1. The Bertz CT molecular complexity index is 3190. The van der Waals surface area contributed by atoms with Crippen LogP contribution in [0.4, 0.5) is 0 Å². The van der Waals surface area contributed by atoms with E-state index in [2.05, 4.69) is 30.1 Å². The summed E-state index contributed by atoms with van der Waals surface area (Å²) in [6, 6.07) is 9.13. The maximum absolute atomic E-state index is 13.4. The number of phenols is 2. The van der Waals surface area contributed by atoms with E-state index in [-0.39, 0.29) is 71.7 Å². The number of hydrogen-bond acceptors (Lipinski definition) is 16. The number of rotatable bonds is 16. The van der Waals surface area contributed by atoms with Gasteiger partial charge in [0.2, 0.25) is 0 Å². The second kappa shape index (κ2) is 22.1. The third-order valence-corrected chi connectivity index (χ3v) is 16.0. The molecule has 10 rings (SSSR count). The van der Waals surface area contributed by atoms with Crippen LogP contribution in [0.15, 0.2) is 65.4 Å². The van der Waals surface area contributed by atoms with Gasteiger partial charge in [0, 0.05) is 49.2 Å². The van der Waals surface area contributed by atoms with Crippen LogP contribution in [-0.4, -0.2) is 97.0 Å². The van der Waals surface area contributed by atoms with Crippen molar-refractivity contribution in [2.24, 2.45) is 11.8 Å². The summed E-state index contributed by atoms with van der Waals surface area (Å²) >= 11 is 5.98. The number of aliphatic hydroxyl groups is 2. The molecule has 2 fully saturated rings. The topological polar surface area (TPSA) is 238 Å². The van der Waals surface area contributed by atoms with E-state index >= 15 is 0 Å². The van der Waals surface area contributed by atoms with E-state index in [1.165, 1.54) is 10.7 Å². The van der Waals surface area contributed by atoms with Gasteiger partial charge in [0.1, 0.15) is 45.7 Å². The Hall–Kier alpha value is -6.95. The lowest BCUT2D eigenvalue weighted by Gasteiger charge is -2.42. The first kappa shape index (κ1) is 52.9. The summed E-state index contributed by atoms with van der Waals surface area (Å²) in [7, 11) is 3.17. The Kier molecular flexibility index (Phi) is 15.6. The molecule has 19 heteroatoms. The molecule has 2 unspecified atom stereocenters. The fourth-order valence-corrected chi connectivity index (χ4v) is 12.0. The van der Waals surface area contributed by atoms with E-state index in [4.69, 9.17) is 30.5 Å². The Morgan fingerprint density at radius 1 is 0.667 bits per heavy atom. The van der Waals surface area contributed by atoms with Crippen molar-refractivity contribution in [3.05, 3.63) is 116 Å². The molecule has 0 saturated heterocycles. The van der Waals surface area contributed by atoms with Crippen molar-refractivity contribution in [1.82, 2.24) is 39.2 Å². The van der Waals surface area contributed by atoms with Gasteiger partial charge in [0.05, 0.1) is 42.8 Å². The first-order valence-corrected chi connectivity index (χ1v) is 26.5. The number of aromatic nitrogens is 8. The molecule has 75 heavy (non-hydrogen) atoms. The molecule has 0 amide bonds. The number of benzene rings is 2. The number of ether oxygens (including phenoxy) is 4. The number of nitrogens with zero attached hydrogens (tertiary/aromatic N) is 8. The first-order valence-electron chi connectivity index (χ1n) is 26.2. The standard InChI is InChI=1S/C29H36N4O5.C27H31ClN4O5/c1-5-19-13-20(25(37-4)15-23(19)34)10-11-29(21-8-6-7-9-21)16-24(35)22(27(36)38-29)14-26-31-28-30-17(2)12-18(3)33(28)32-26;1-3-16-10-17(23(36-2)12-21(16)33)8-9-27(18-6-4-5-7-18)13-22(34)20(25(35)37-27)11-24-30-26-29-14-19(28)15-32(26)31-24/h12-13,15,21,34-35H,5-11,14,16H2,1-4H3;10,12,14-15,18,33-34H,3-9,11,13H2,1-2H3. The normalized spacial score (nSPS) is 20.5. The van der Waals surface area contributed by atoms with Crippen LogP contribution in [0.3, 0.4) is 0 Å². The number of esters is 2. The van der Waals surface area contributed by atoms with Crippen molar-refractivity contribution in [1.29, 1.82) is 0 Å². The molecule has 4 aliphatic rings. The first-order chi connectivity index (χ1) is 36.0. The number of aromatic hydroxyl groups is 2. The fourth-order valence-electron chi connectivity index (χ4n) is 11.8. The van der Waals surface area contributed by atoms with Crippen LogP contribution >= 0.6 is 11.6 Å². The molecule has 2 aliphatic carbocycles. The Labute approximate surface area is 440 Å². The second-order valence-corrected chi connectivity index (χ2v) is 21.0. The van der Waals surface area contributed by atoms with Crippen LogP contribution in [0.1, 0.15) is 136 Å². The smallest absolute Gasteiger partial charge is 0.338 e. The highest BCUT2D eigenvalue weighted by molar-refractivity contribution is 6.30. The Balaban J connectivity index is 0.000000184. The van der Waals surface area contributed by atoms with E-state index in [9.17, 15) is 30.0 Å². The van der Waals surface area contributed by atoms with E-state index < -0.39 is 23.1 Å². The predicted molar refractivity (Wildman–Crippen MR) is 278 cm³/mol. The molecule has 2 saturated carbocycles. The third kappa shape index (κ3) is 11.1. The number of carbonyl (C=O) groups is 2. The quantitative estimate of drug-likeness (QED) is 0.0660. The number of phenolic OH excluding ortho intramolecular Hbond substituents is 2. The van der Waals surface area contributed by atoms with Gasteiger partial charge in [0.25, 0.3) is 11.6 Å². The monoisotopic (exact) mass is 1050 g/mol. The minimum absolute atomic E-state index is 0.0277. The van der Waals surface area contributed by atoms with Crippen LogP contribution in [0.5, 0.6) is 23.0 Å². The molecule has 398 valence electrons. The zero-order valence-electron chi connectivity index (χ0n) is 43.6. The van der Waals surface area contributed by atoms with Gasteiger partial charge in [-0.3, -0.25) is 0 Å². The molecule has 0 radical (unpaired) electrons. The van der Waals surface area contributed by atoms with E-state index in [0.29, 0.717) is 78.3 Å². The van der Waals surface area contributed by atoms with Gasteiger partial charge in [-0.1, -0.05) is 51.1 Å². The summed E-state index contributed by atoms with van der Waals surface area (Å²) in [6.45, 7) is 7.80. The van der Waals surface area contributed by atoms with Crippen LogP contribution in [0.25, 0.3) is 11.6 Å². The number of fused-ring (bicyclic) bond motifs is 2. The van der Waals surface area contributed by atoms with Crippen LogP contribution in [0, 0.1) is 25.7 Å². The molecule has 18 nitrogen and oxygen atoms in total. The van der Waals surface area contributed by atoms with Gasteiger partial charge in [-0.05, 0) is 130 Å². The van der Waals surface area contributed by atoms with E-state index in [0.717, 1.165) is 85.0 Å². The van der Waals surface area contributed by atoms with Gasteiger partial charge >= 0.3 is 11.9 Å². The highest BCUT2D eigenvalue weighted by Gasteiger charge is 2.50. The lowest BCUT2D eigenvalue weighted by molar-refractivity contribution is -0.168. The molecule has 2 atom stereocenters. The molecule has 2 aliphatic heterocycles. The molecule has 4 aromatic heterocycles. The number of methoxy groups -OCH3 is 2. The summed E-state index contributed by atoms with van der Waals surface area (Å²) in [5.74, 6) is 2.61. The van der Waals surface area contributed by atoms with Gasteiger partial charge < -0.3 is 39.4 Å². The maximum Gasteiger partial charge on any atom is 0.338 e. The summed E-state index contributed by atoms with van der Waals surface area (Å²) in [6.07, 6.45) is 15.5. The Morgan fingerprint density at radius 2 is 1.15 bits per heavy atom. The number of aryl methyl sites for hydroxylation is 6. The maximum atomic E-state index is 13.4. The van der Waals surface area contributed by atoms with E-state index in [1.54, 1.807) is 37.1 Å². The third-order valence-electron chi connectivity index (χ3n) is 15.8. The molecule has 2 aromatic carbocycles. The molecular formula is C56H67ClN8O10. The van der Waals surface area contributed by atoms with Gasteiger partial charge in [-0.25, -0.2) is 28.6 Å². The van der Waals surface area contributed by atoms with Crippen molar-refractivity contribution < 1.29 is 49.0 Å². The minimum atomic E-state index is -0.808. The zero-order valence-corrected chi connectivity index (χ0v) is 44.4. The number of aliphatic hydroxyl groups excluding tert-OH is 2. The van der Waals surface area contributed by atoms with Crippen molar-refractivity contribution in [3.8, 4) is 23.0 Å². The lowest BCUT2D eigenvalue weighted by Crippen LogP contribution is -2.46. The molecule has 6 aromatic rings. The van der Waals surface area contributed by atoms with Crippen molar-refractivity contribution in [3.63, 3.8) is 0 Å². The summed E-state index contributed by atoms with van der Waals surface area (Å²) < 4.78 is 26.7.